The molecule has 0 fully saturated rings. The first-order valence-electron chi connectivity index (χ1n) is 7.10. The molecule has 0 aliphatic rings. The Morgan fingerprint density at radius 2 is 1.84 bits per heavy atom. The van der Waals surface area contributed by atoms with Crippen LogP contribution < -0.4 is 14.8 Å². The van der Waals surface area contributed by atoms with Crippen molar-refractivity contribution >= 4 is 11.6 Å². The van der Waals surface area contributed by atoms with Gasteiger partial charge in [-0.15, -0.1) is 13.2 Å². The average molecular weight is 350 g/mol. The van der Waals surface area contributed by atoms with Crippen molar-refractivity contribution in [2.45, 2.75) is 12.8 Å². The van der Waals surface area contributed by atoms with E-state index >= 15 is 0 Å². The molecule has 0 unspecified atom stereocenters. The van der Waals surface area contributed by atoms with Gasteiger partial charge in [-0.05, 0) is 29.8 Å². The number of halogens is 3. The molecule has 2 aromatic carbocycles. The summed E-state index contributed by atoms with van der Waals surface area (Å²) in [5.41, 5.74) is 1.02. The van der Waals surface area contributed by atoms with E-state index in [-0.39, 0.29) is 24.7 Å². The van der Waals surface area contributed by atoms with E-state index < -0.39 is 6.36 Å². The third-order valence-electron chi connectivity index (χ3n) is 2.94. The first kappa shape index (κ1) is 18.1. The third kappa shape index (κ3) is 6.43. The molecule has 5 nitrogen and oxygen atoms in total. The maximum absolute atomic E-state index is 12.1. The fourth-order valence-electron chi connectivity index (χ4n) is 1.98. The van der Waals surface area contributed by atoms with E-state index in [0.29, 0.717) is 17.0 Å². The molecule has 0 spiro atoms. The molecule has 0 saturated carbocycles. The number of carbonyl (C=O) groups is 1. The molecule has 0 aromatic heterocycles. The predicted molar refractivity (Wildman–Crippen MR) is 83.0 cm³/mol. The highest BCUT2D eigenvalue weighted by Gasteiger charge is 2.30. The first-order chi connectivity index (χ1) is 11.9. The van der Waals surface area contributed by atoms with Gasteiger partial charge in [-0.25, -0.2) is 0 Å². The lowest BCUT2D eigenvalue weighted by molar-refractivity contribution is -0.274. The smallest absolute Gasteiger partial charge is 0.479 e. The molecule has 0 saturated heterocycles. The van der Waals surface area contributed by atoms with Crippen LogP contribution in [0.1, 0.15) is 5.56 Å². The van der Waals surface area contributed by atoms with Gasteiger partial charge in [0, 0.05) is 11.8 Å². The zero-order valence-corrected chi connectivity index (χ0v) is 12.8. The predicted octanol–water partition coefficient (Wildman–Crippen LogP) is 3.67. The number of carbonyl (C=O) groups excluding carboxylic acids is 1. The molecule has 0 heterocycles. The average Bonchev–Trinajstić information content (AvgIpc) is 2.54. The van der Waals surface area contributed by atoms with Crippen molar-refractivity contribution in [1.82, 2.24) is 0 Å². The third-order valence-corrected chi connectivity index (χ3v) is 2.94. The molecule has 0 aliphatic carbocycles. The van der Waals surface area contributed by atoms with Crippen LogP contribution in [0.2, 0.25) is 0 Å². The fourth-order valence-corrected chi connectivity index (χ4v) is 1.98. The summed E-state index contributed by atoms with van der Waals surface area (Å²) in [6.45, 7) is -0.107. The zero-order chi connectivity index (χ0) is 18.3. The molecule has 0 bridgehead atoms. The standard InChI is InChI=1S/C17H13F3N2O3/c18-17(19,20)25-14-6-4-12(5-7-14)10-16(23)22-13-2-1-3-15(11-13)24-9-8-21/h1-7,11H,9-10H2,(H,22,23). The molecule has 130 valence electrons. The van der Waals surface area contributed by atoms with Crippen LogP contribution in [0.3, 0.4) is 0 Å². The maximum Gasteiger partial charge on any atom is 0.573 e. The number of nitriles is 1. The van der Waals surface area contributed by atoms with Gasteiger partial charge in [0.25, 0.3) is 0 Å². The van der Waals surface area contributed by atoms with Gasteiger partial charge in [0.1, 0.15) is 17.6 Å². The molecule has 2 rings (SSSR count). The van der Waals surface area contributed by atoms with Crippen molar-refractivity contribution in [3.8, 4) is 17.6 Å². The van der Waals surface area contributed by atoms with Crippen LogP contribution in [0.4, 0.5) is 18.9 Å². The number of nitrogens with zero attached hydrogens (tertiary/aromatic N) is 1. The van der Waals surface area contributed by atoms with Gasteiger partial charge in [-0.3, -0.25) is 4.79 Å². The van der Waals surface area contributed by atoms with E-state index in [4.69, 9.17) is 10.00 Å². The van der Waals surface area contributed by atoms with Gasteiger partial charge in [0.05, 0.1) is 6.42 Å². The Bertz CT molecular complexity index is 768. The van der Waals surface area contributed by atoms with Crippen LogP contribution in [0.5, 0.6) is 11.5 Å². The summed E-state index contributed by atoms with van der Waals surface area (Å²) in [6.07, 6.45) is -4.77. The summed E-state index contributed by atoms with van der Waals surface area (Å²) < 4.78 is 45.2. The highest BCUT2D eigenvalue weighted by atomic mass is 19.4. The number of hydrogen-bond acceptors (Lipinski definition) is 4. The SMILES string of the molecule is N#CCOc1cccc(NC(=O)Cc2ccc(OC(F)(F)F)cc2)c1. The number of ether oxygens (including phenoxy) is 2. The van der Waals surface area contributed by atoms with E-state index in [0.717, 1.165) is 12.1 Å². The van der Waals surface area contributed by atoms with Crippen LogP contribution in [-0.2, 0) is 11.2 Å². The lowest BCUT2D eigenvalue weighted by Crippen LogP contribution is -2.17. The molecule has 2 aromatic rings. The second-order valence-corrected chi connectivity index (χ2v) is 4.89. The number of amides is 1. The van der Waals surface area contributed by atoms with Gasteiger partial charge in [-0.2, -0.15) is 5.26 Å². The van der Waals surface area contributed by atoms with E-state index in [1.54, 1.807) is 24.3 Å². The van der Waals surface area contributed by atoms with Gasteiger partial charge < -0.3 is 14.8 Å². The lowest BCUT2D eigenvalue weighted by atomic mass is 10.1. The second-order valence-electron chi connectivity index (χ2n) is 4.89. The highest BCUT2D eigenvalue weighted by molar-refractivity contribution is 5.92. The van der Waals surface area contributed by atoms with Crippen molar-refractivity contribution in [3.05, 3.63) is 54.1 Å². The molecule has 25 heavy (non-hydrogen) atoms. The topological polar surface area (TPSA) is 71.3 Å². The number of benzene rings is 2. The Labute approximate surface area is 141 Å². The van der Waals surface area contributed by atoms with Gasteiger partial charge in [0.15, 0.2) is 6.61 Å². The minimum atomic E-state index is -4.75. The largest absolute Gasteiger partial charge is 0.573 e. The fraction of sp³-hybridized carbons (Fsp3) is 0.176. The van der Waals surface area contributed by atoms with E-state index in [1.807, 2.05) is 6.07 Å². The number of rotatable bonds is 6. The molecule has 0 aliphatic heterocycles. The minimum Gasteiger partial charge on any atom is -0.479 e. The molecule has 8 heteroatoms. The van der Waals surface area contributed by atoms with Crippen LogP contribution in [0.15, 0.2) is 48.5 Å². The number of anilines is 1. The first-order valence-corrected chi connectivity index (χ1v) is 7.10. The summed E-state index contributed by atoms with van der Waals surface area (Å²) in [5.74, 6) is -0.256. The normalized spacial score (nSPS) is 10.6. The Morgan fingerprint density at radius 1 is 1.12 bits per heavy atom. The van der Waals surface area contributed by atoms with Gasteiger partial charge in [0.2, 0.25) is 5.91 Å². The van der Waals surface area contributed by atoms with Crippen molar-refractivity contribution < 1.29 is 27.4 Å². The highest BCUT2D eigenvalue weighted by Crippen LogP contribution is 2.23. The Balaban J connectivity index is 1.93. The van der Waals surface area contributed by atoms with Crippen molar-refractivity contribution in [1.29, 1.82) is 5.26 Å². The number of hydrogen-bond donors (Lipinski definition) is 1. The number of nitrogens with one attached hydrogen (secondary N) is 1. The summed E-state index contributed by atoms with van der Waals surface area (Å²) >= 11 is 0. The summed E-state index contributed by atoms with van der Waals surface area (Å²) in [7, 11) is 0. The number of alkyl halides is 3. The zero-order valence-electron chi connectivity index (χ0n) is 12.8. The minimum absolute atomic E-state index is 0.0183. The van der Waals surface area contributed by atoms with Gasteiger partial charge in [-0.1, -0.05) is 18.2 Å². The van der Waals surface area contributed by atoms with Crippen LogP contribution in [0.25, 0.3) is 0 Å². The maximum atomic E-state index is 12.1. The molecule has 0 atom stereocenters. The second kappa shape index (κ2) is 8.06. The van der Waals surface area contributed by atoms with Crippen LogP contribution in [-0.4, -0.2) is 18.9 Å². The van der Waals surface area contributed by atoms with E-state index in [2.05, 4.69) is 10.1 Å². The Morgan fingerprint density at radius 3 is 2.48 bits per heavy atom. The van der Waals surface area contributed by atoms with E-state index in [1.165, 1.54) is 12.1 Å². The van der Waals surface area contributed by atoms with Crippen molar-refractivity contribution in [2.75, 3.05) is 11.9 Å². The summed E-state index contributed by atoms with van der Waals surface area (Å²) in [6, 6.07) is 13.4. The lowest BCUT2D eigenvalue weighted by Gasteiger charge is -2.10. The van der Waals surface area contributed by atoms with Gasteiger partial charge >= 0.3 is 6.36 Å². The molecule has 1 amide bonds. The molecular formula is C17H13F3N2O3. The van der Waals surface area contributed by atoms with Crippen molar-refractivity contribution in [2.24, 2.45) is 0 Å². The van der Waals surface area contributed by atoms with Crippen LogP contribution in [0, 0.1) is 11.3 Å². The molecule has 0 radical (unpaired) electrons. The quantitative estimate of drug-likeness (QED) is 0.863. The Hall–Kier alpha value is -3.21. The monoisotopic (exact) mass is 350 g/mol. The van der Waals surface area contributed by atoms with Crippen LogP contribution >= 0.6 is 0 Å². The summed E-state index contributed by atoms with van der Waals surface area (Å²) in [5, 5.41) is 11.1. The molecular weight excluding hydrogens is 337 g/mol. The summed E-state index contributed by atoms with van der Waals surface area (Å²) in [4.78, 5) is 12.0. The Kier molecular flexibility index (Phi) is 5.84. The van der Waals surface area contributed by atoms with E-state index in [9.17, 15) is 18.0 Å². The molecule has 1 N–H and O–H groups in total. The van der Waals surface area contributed by atoms with Crippen molar-refractivity contribution in [3.63, 3.8) is 0 Å².